The van der Waals surface area contributed by atoms with Crippen molar-refractivity contribution in [3.63, 3.8) is 0 Å². The van der Waals surface area contributed by atoms with Gasteiger partial charge in [0.25, 0.3) is 0 Å². The Kier molecular flexibility index (Phi) is 3.75. The summed E-state index contributed by atoms with van der Waals surface area (Å²) in [6, 6.07) is 3.80. The van der Waals surface area contributed by atoms with Crippen LogP contribution in [0.5, 0.6) is 5.75 Å². The second-order valence-electron chi connectivity index (χ2n) is 4.93. The first-order valence-corrected chi connectivity index (χ1v) is 7.20. The lowest BCUT2D eigenvalue weighted by molar-refractivity contribution is 0.0603. The number of benzene rings is 1. The third-order valence-electron chi connectivity index (χ3n) is 3.24. The van der Waals surface area contributed by atoms with E-state index in [4.69, 9.17) is 11.2 Å². The van der Waals surface area contributed by atoms with Crippen LogP contribution in [0, 0.1) is 18.3 Å². The van der Waals surface area contributed by atoms with Crippen molar-refractivity contribution in [2.24, 2.45) is 5.92 Å². The zero-order valence-electron chi connectivity index (χ0n) is 10.1. The number of hydrogen-bond acceptors (Lipinski definition) is 1. The molecule has 2 rings (SSSR count). The van der Waals surface area contributed by atoms with Gasteiger partial charge in [-0.05, 0) is 41.9 Å². The molecule has 96 valence electrons. The molecule has 0 amide bonds. The summed E-state index contributed by atoms with van der Waals surface area (Å²) in [5.41, 5.74) is -0.510. The molecule has 2 unspecified atom stereocenters. The van der Waals surface area contributed by atoms with E-state index in [1.54, 1.807) is 13.8 Å². The Bertz CT molecular complexity index is 514. The summed E-state index contributed by atoms with van der Waals surface area (Å²) in [4.78, 5) is 0. The summed E-state index contributed by atoms with van der Waals surface area (Å²) in [5.74, 6) is 2.82. The molecule has 1 aromatic rings. The first-order valence-electron chi connectivity index (χ1n) is 5.61. The van der Waals surface area contributed by atoms with Crippen LogP contribution in [0.15, 0.2) is 21.1 Å². The monoisotopic (exact) mass is 374 g/mol. The van der Waals surface area contributed by atoms with Crippen LogP contribution in [0.2, 0.25) is 0 Å². The van der Waals surface area contributed by atoms with Crippen LogP contribution in [-0.4, -0.2) is 12.3 Å². The van der Waals surface area contributed by atoms with Crippen molar-refractivity contribution in [1.82, 2.24) is 0 Å². The van der Waals surface area contributed by atoms with Crippen LogP contribution >= 0.6 is 31.9 Å². The molecule has 0 aromatic heterocycles. The maximum atomic E-state index is 14.2. The largest absolute Gasteiger partial charge is 0.492 e. The molecule has 18 heavy (non-hydrogen) atoms. The number of fused-ring (bicyclic) bond motifs is 1. The Morgan fingerprint density at radius 2 is 2.11 bits per heavy atom. The topological polar surface area (TPSA) is 9.23 Å². The summed E-state index contributed by atoms with van der Waals surface area (Å²) in [6.45, 7) is 3.39. The Morgan fingerprint density at radius 3 is 2.67 bits per heavy atom. The van der Waals surface area contributed by atoms with E-state index in [0.29, 0.717) is 6.61 Å². The Hall–Kier alpha value is -0.530. The average Bonchev–Trinajstić information content (AvgIpc) is 2.25. The molecule has 1 aromatic carbocycles. The van der Waals surface area contributed by atoms with Crippen LogP contribution < -0.4 is 4.74 Å². The predicted octanol–water partition coefficient (Wildman–Crippen LogP) is 4.69. The number of terminal acetylenes is 1. The van der Waals surface area contributed by atoms with E-state index in [9.17, 15) is 4.39 Å². The van der Waals surface area contributed by atoms with Crippen LogP contribution in [0.1, 0.15) is 25.3 Å². The lowest BCUT2D eigenvalue weighted by atomic mass is 9.77. The SMILES string of the molecule is C#CC1c2cc(Br)cc(Br)c2OCC1C(C)(C)F. The molecular weight excluding hydrogens is 363 g/mol. The maximum Gasteiger partial charge on any atom is 0.138 e. The molecule has 1 nitrogen and oxygen atoms in total. The molecule has 0 spiro atoms. The second kappa shape index (κ2) is 4.86. The van der Waals surface area contributed by atoms with Gasteiger partial charge in [-0.1, -0.05) is 21.9 Å². The van der Waals surface area contributed by atoms with Crippen LogP contribution in [0.4, 0.5) is 4.39 Å². The Balaban J connectivity index is 2.54. The van der Waals surface area contributed by atoms with Crippen LogP contribution in [0.25, 0.3) is 0 Å². The molecule has 1 aliphatic rings. The fourth-order valence-corrected chi connectivity index (χ4v) is 3.62. The molecular formula is C14H13Br2FO. The minimum absolute atomic E-state index is 0.275. The van der Waals surface area contributed by atoms with Crippen molar-refractivity contribution in [2.75, 3.05) is 6.61 Å². The Morgan fingerprint density at radius 1 is 1.44 bits per heavy atom. The average molecular weight is 376 g/mol. The van der Waals surface area contributed by atoms with E-state index in [2.05, 4.69) is 37.8 Å². The number of ether oxygens (including phenoxy) is 1. The van der Waals surface area contributed by atoms with E-state index in [-0.39, 0.29) is 11.8 Å². The fourth-order valence-electron chi connectivity index (χ4n) is 2.25. The van der Waals surface area contributed by atoms with Gasteiger partial charge in [-0.3, -0.25) is 0 Å². The van der Waals surface area contributed by atoms with E-state index >= 15 is 0 Å². The van der Waals surface area contributed by atoms with Crippen molar-refractivity contribution in [3.05, 3.63) is 26.6 Å². The molecule has 0 bridgehead atoms. The summed E-state index contributed by atoms with van der Waals surface area (Å²) in [5, 5.41) is 0. The zero-order valence-corrected chi connectivity index (χ0v) is 13.3. The summed E-state index contributed by atoms with van der Waals surface area (Å²) >= 11 is 6.86. The molecule has 0 aliphatic carbocycles. The lowest BCUT2D eigenvalue weighted by Crippen LogP contribution is -2.38. The Labute approximate surface area is 123 Å². The van der Waals surface area contributed by atoms with Gasteiger partial charge >= 0.3 is 0 Å². The highest BCUT2D eigenvalue weighted by Crippen LogP contribution is 2.46. The lowest BCUT2D eigenvalue weighted by Gasteiger charge is -2.36. The van der Waals surface area contributed by atoms with E-state index in [1.807, 2.05) is 12.1 Å². The molecule has 0 radical (unpaired) electrons. The molecule has 1 heterocycles. The van der Waals surface area contributed by atoms with Gasteiger partial charge in [-0.15, -0.1) is 6.42 Å². The van der Waals surface area contributed by atoms with E-state index in [0.717, 1.165) is 20.3 Å². The molecule has 0 saturated carbocycles. The predicted molar refractivity (Wildman–Crippen MR) is 77.6 cm³/mol. The first kappa shape index (κ1) is 13.9. The smallest absolute Gasteiger partial charge is 0.138 e. The summed E-state index contributed by atoms with van der Waals surface area (Å²) < 4.78 is 21.6. The minimum atomic E-state index is -1.37. The summed E-state index contributed by atoms with van der Waals surface area (Å²) in [7, 11) is 0. The van der Waals surface area contributed by atoms with Gasteiger partial charge in [0.1, 0.15) is 11.4 Å². The van der Waals surface area contributed by atoms with Crippen molar-refractivity contribution in [3.8, 4) is 18.1 Å². The third-order valence-corrected chi connectivity index (χ3v) is 4.29. The highest BCUT2D eigenvalue weighted by molar-refractivity contribution is 9.11. The number of alkyl halides is 1. The third kappa shape index (κ3) is 2.44. The molecule has 0 saturated heterocycles. The van der Waals surface area contributed by atoms with Crippen molar-refractivity contribution in [2.45, 2.75) is 25.4 Å². The van der Waals surface area contributed by atoms with E-state index < -0.39 is 5.67 Å². The normalized spacial score (nSPS) is 22.9. The van der Waals surface area contributed by atoms with Gasteiger partial charge in [-0.2, -0.15) is 0 Å². The molecule has 4 heteroatoms. The molecule has 0 N–H and O–H groups in total. The second-order valence-corrected chi connectivity index (χ2v) is 6.70. The van der Waals surface area contributed by atoms with Gasteiger partial charge < -0.3 is 4.74 Å². The first-order chi connectivity index (χ1) is 8.34. The standard InChI is InChI=1S/C14H13Br2FO/c1-4-9-10-5-8(15)6-12(16)13(10)18-7-11(9)14(2,3)17/h1,5-6,9,11H,7H2,2-3H3. The molecule has 1 aliphatic heterocycles. The number of rotatable bonds is 1. The van der Waals surface area contributed by atoms with Crippen molar-refractivity contribution in [1.29, 1.82) is 0 Å². The van der Waals surface area contributed by atoms with Gasteiger partial charge in [-0.25, -0.2) is 4.39 Å². The van der Waals surface area contributed by atoms with Gasteiger partial charge in [0.15, 0.2) is 0 Å². The molecule has 0 fully saturated rings. The summed E-state index contributed by atoms with van der Waals surface area (Å²) in [6.07, 6.45) is 5.60. The molecule has 2 atom stereocenters. The highest BCUT2D eigenvalue weighted by Gasteiger charge is 2.41. The minimum Gasteiger partial charge on any atom is -0.492 e. The van der Waals surface area contributed by atoms with Gasteiger partial charge in [0.2, 0.25) is 0 Å². The van der Waals surface area contributed by atoms with Gasteiger partial charge in [0.05, 0.1) is 17.0 Å². The highest BCUT2D eigenvalue weighted by atomic mass is 79.9. The quantitative estimate of drug-likeness (QED) is 0.647. The van der Waals surface area contributed by atoms with Gasteiger partial charge in [0, 0.05) is 16.0 Å². The number of halogens is 3. The van der Waals surface area contributed by atoms with Crippen molar-refractivity contribution < 1.29 is 9.13 Å². The fraction of sp³-hybridized carbons (Fsp3) is 0.429. The van der Waals surface area contributed by atoms with Crippen LogP contribution in [-0.2, 0) is 0 Å². The van der Waals surface area contributed by atoms with Crippen molar-refractivity contribution >= 4 is 31.9 Å². The number of hydrogen-bond donors (Lipinski definition) is 0. The zero-order chi connectivity index (χ0) is 13.5. The van der Waals surface area contributed by atoms with E-state index in [1.165, 1.54) is 0 Å². The maximum absolute atomic E-state index is 14.2. The van der Waals surface area contributed by atoms with Crippen LogP contribution in [0.3, 0.4) is 0 Å².